The maximum Gasteiger partial charge on any atom is 0.274 e. The van der Waals surface area contributed by atoms with E-state index in [2.05, 4.69) is 5.10 Å². The van der Waals surface area contributed by atoms with E-state index in [0.717, 1.165) is 0 Å². The van der Waals surface area contributed by atoms with Crippen molar-refractivity contribution in [1.29, 1.82) is 0 Å². The topological polar surface area (TPSA) is 50.6 Å². The van der Waals surface area contributed by atoms with Crippen LogP contribution < -0.4 is 9.64 Å². The second-order valence-electron chi connectivity index (χ2n) is 5.67. The summed E-state index contributed by atoms with van der Waals surface area (Å²) in [4.78, 5) is 16.2. The van der Waals surface area contributed by atoms with E-state index in [1.165, 1.54) is 6.07 Å². The van der Waals surface area contributed by atoms with Crippen LogP contribution in [-0.2, 0) is 6.54 Å². The third-order valence-corrected chi connectivity index (χ3v) is 4.28. The van der Waals surface area contributed by atoms with Crippen LogP contribution in [0.4, 0.5) is 10.1 Å². The summed E-state index contributed by atoms with van der Waals surface area (Å²) in [6.45, 7) is 3.61. The molecule has 0 unspecified atom stereocenters. The van der Waals surface area contributed by atoms with E-state index in [1.54, 1.807) is 27.8 Å². The molecule has 1 aromatic heterocycles. The molecule has 120 valence electrons. The van der Waals surface area contributed by atoms with Crippen molar-refractivity contribution in [3.05, 3.63) is 41.8 Å². The molecule has 2 aliphatic heterocycles. The molecular weight excluding hydrogens is 299 g/mol. The third kappa shape index (κ3) is 2.52. The lowest BCUT2D eigenvalue weighted by Gasteiger charge is -2.35. The number of hydrogen-bond acceptors (Lipinski definition) is 4. The fourth-order valence-corrected chi connectivity index (χ4v) is 3.04. The first-order chi connectivity index (χ1) is 11.2. The second kappa shape index (κ2) is 5.57. The van der Waals surface area contributed by atoms with Crippen molar-refractivity contribution in [1.82, 2.24) is 14.7 Å². The highest BCUT2D eigenvalue weighted by Gasteiger charge is 2.27. The van der Waals surface area contributed by atoms with E-state index in [0.29, 0.717) is 56.6 Å². The molecule has 0 atom stereocenters. The number of fused-ring (bicyclic) bond motifs is 1. The van der Waals surface area contributed by atoms with Crippen LogP contribution in [-0.4, -0.2) is 53.4 Å². The molecule has 0 bridgehead atoms. The van der Waals surface area contributed by atoms with Gasteiger partial charge in [-0.3, -0.25) is 4.79 Å². The molecule has 1 amide bonds. The Kier molecular flexibility index (Phi) is 3.40. The number of benzene rings is 1. The summed E-state index contributed by atoms with van der Waals surface area (Å²) in [6, 6.07) is 8.42. The van der Waals surface area contributed by atoms with E-state index in [4.69, 9.17) is 4.74 Å². The van der Waals surface area contributed by atoms with Gasteiger partial charge in [-0.25, -0.2) is 9.07 Å². The summed E-state index contributed by atoms with van der Waals surface area (Å²) < 4.78 is 20.9. The van der Waals surface area contributed by atoms with Crippen molar-refractivity contribution >= 4 is 11.6 Å². The van der Waals surface area contributed by atoms with Gasteiger partial charge >= 0.3 is 0 Å². The number of hydrogen-bond donors (Lipinski definition) is 0. The first kappa shape index (κ1) is 14.0. The summed E-state index contributed by atoms with van der Waals surface area (Å²) in [5.41, 5.74) is 1.01. The van der Waals surface area contributed by atoms with E-state index >= 15 is 0 Å². The van der Waals surface area contributed by atoms with Gasteiger partial charge in [0.2, 0.25) is 5.88 Å². The summed E-state index contributed by atoms with van der Waals surface area (Å²) in [6.07, 6.45) is 0. The summed E-state index contributed by atoms with van der Waals surface area (Å²) >= 11 is 0. The third-order valence-electron chi connectivity index (χ3n) is 4.28. The molecule has 23 heavy (non-hydrogen) atoms. The average molecular weight is 316 g/mol. The van der Waals surface area contributed by atoms with Gasteiger partial charge in [0, 0.05) is 32.2 Å². The van der Waals surface area contributed by atoms with Gasteiger partial charge in [-0.15, -0.1) is 0 Å². The summed E-state index contributed by atoms with van der Waals surface area (Å²) in [5.74, 6) is 0.331. The second-order valence-corrected chi connectivity index (χ2v) is 5.67. The van der Waals surface area contributed by atoms with E-state index in [-0.39, 0.29) is 11.7 Å². The Hall–Kier alpha value is -2.57. The number of piperazine rings is 1. The molecule has 0 aliphatic carbocycles. The minimum absolute atomic E-state index is 0.0938. The predicted molar refractivity (Wildman–Crippen MR) is 82.2 cm³/mol. The molecule has 2 aromatic rings. The van der Waals surface area contributed by atoms with Gasteiger partial charge in [0.1, 0.15) is 12.4 Å². The molecule has 1 saturated heterocycles. The molecule has 0 N–H and O–H groups in total. The van der Waals surface area contributed by atoms with Gasteiger partial charge in [0.25, 0.3) is 5.91 Å². The van der Waals surface area contributed by atoms with Gasteiger partial charge in [-0.05, 0) is 12.1 Å². The highest BCUT2D eigenvalue weighted by Crippen LogP contribution is 2.22. The number of halogens is 1. The number of anilines is 1. The smallest absolute Gasteiger partial charge is 0.274 e. The first-order valence-electron chi connectivity index (χ1n) is 7.72. The predicted octanol–water partition coefficient (Wildman–Crippen LogP) is 1.38. The zero-order chi connectivity index (χ0) is 15.8. The van der Waals surface area contributed by atoms with Crippen LogP contribution in [0.15, 0.2) is 30.3 Å². The van der Waals surface area contributed by atoms with Gasteiger partial charge in [-0.2, -0.15) is 5.10 Å². The number of amides is 1. The van der Waals surface area contributed by atoms with E-state index in [9.17, 15) is 9.18 Å². The molecule has 6 nitrogen and oxygen atoms in total. The van der Waals surface area contributed by atoms with Crippen molar-refractivity contribution < 1.29 is 13.9 Å². The van der Waals surface area contributed by atoms with E-state index < -0.39 is 0 Å². The van der Waals surface area contributed by atoms with Gasteiger partial charge in [0.15, 0.2) is 5.69 Å². The van der Waals surface area contributed by atoms with Gasteiger partial charge in [-0.1, -0.05) is 12.1 Å². The molecule has 0 radical (unpaired) electrons. The van der Waals surface area contributed by atoms with Crippen LogP contribution in [0.5, 0.6) is 5.88 Å². The number of ether oxygens (including phenoxy) is 1. The number of carbonyl (C=O) groups is 1. The van der Waals surface area contributed by atoms with Crippen LogP contribution in [0.1, 0.15) is 10.5 Å². The number of aromatic nitrogens is 2. The van der Waals surface area contributed by atoms with Crippen molar-refractivity contribution in [2.24, 2.45) is 0 Å². The van der Waals surface area contributed by atoms with Crippen molar-refractivity contribution in [3.63, 3.8) is 0 Å². The zero-order valence-corrected chi connectivity index (χ0v) is 12.6. The summed E-state index contributed by atoms with van der Waals surface area (Å²) in [5, 5.41) is 4.28. The Balaban J connectivity index is 1.43. The van der Waals surface area contributed by atoms with Gasteiger partial charge in [0.05, 0.1) is 12.2 Å². The molecule has 1 aromatic carbocycles. The molecule has 0 saturated carbocycles. The minimum Gasteiger partial charge on any atom is -0.476 e. The first-order valence-corrected chi connectivity index (χ1v) is 7.72. The lowest BCUT2D eigenvalue weighted by Crippen LogP contribution is -2.49. The lowest BCUT2D eigenvalue weighted by molar-refractivity contribution is 0.0739. The fourth-order valence-electron chi connectivity index (χ4n) is 3.04. The van der Waals surface area contributed by atoms with Crippen LogP contribution in [0.2, 0.25) is 0 Å². The molecule has 1 fully saturated rings. The molecule has 2 aliphatic rings. The zero-order valence-electron chi connectivity index (χ0n) is 12.6. The van der Waals surface area contributed by atoms with Gasteiger partial charge < -0.3 is 14.5 Å². The Morgan fingerprint density at radius 1 is 1.13 bits per heavy atom. The Labute approximate surface area is 133 Å². The quantitative estimate of drug-likeness (QED) is 0.840. The monoisotopic (exact) mass is 316 g/mol. The fraction of sp³-hybridized carbons (Fsp3) is 0.375. The number of carbonyl (C=O) groups excluding carboxylic acids is 1. The Morgan fingerprint density at radius 2 is 1.91 bits per heavy atom. The summed E-state index contributed by atoms with van der Waals surface area (Å²) in [7, 11) is 0. The molecule has 7 heteroatoms. The van der Waals surface area contributed by atoms with Crippen molar-refractivity contribution in [3.8, 4) is 5.88 Å². The standard InChI is InChI=1S/C16H17FN4O2/c17-12-3-1-2-4-14(12)19-5-7-20(8-6-19)16(22)13-11-15-21(18-13)9-10-23-15/h1-4,11H,5-10H2. The molecule has 0 spiro atoms. The van der Waals surface area contributed by atoms with E-state index in [1.807, 2.05) is 11.0 Å². The van der Waals surface area contributed by atoms with Crippen LogP contribution >= 0.6 is 0 Å². The highest BCUT2D eigenvalue weighted by molar-refractivity contribution is 5.92. The van der Waals surface area contributed by atoms with Crippen molar-refractivity contribution in [2.45, 2.75) is 6.54 Å². The molecular formula is C16H17FN4O2. The largest absolute Gasteiger partial charge is 0.476 e. The average Bonchev–Trinajstić information content (AvgIpc) is 3.16. The number of rotatable bonds is 2. The Bertz CT molecular complexity index is 716. The molecule has 3 heterocycles. The number of para-hydroxylation sites is 1. The van der Waals surface area contributed by atoms with Crippen molar-refractivity contribution in [2.75, 3.05) is 37.7 Å². The van der Waals surface area contributed by atoms with Crippen LogP contribution in [0.3, 0.4) is 0 Å². The Morgan fingerprint density at radius 3 is 2.65 bits per heavy atom. The highest BCUT2D eigenvalue weighted by atomic mass is 19.1. The molecule has 4 rings (SSSR count). The normalized spacial score (nSPS) is 17.1. The maximum atomic E-state index is 13.8. The number of nitrogens with zero attached hydrogens (tertiary/aromatic N) is 4. The minimum atomic E-state index is -0.227. The van der Waals surface area contributed by atoms with Crippen LogP contribution in [0.25, 0.3) is 0 Å². The lowest BCUT2D eigenvalue weighted by atomic mass is 10.2. The maximum absolute atomic E-state index is 13.8. The van der Waals surface area contributed by atoms with Crippen LogP contribution in [0, 0.1) is 5.82 Å². The SMILES string of the molecule is O=C(c1cc2n(n1)CCO2)N1CCN(c2ccccc2F)CC1.